The number of anilines is 1. The van der Waals surface area contributed by atoms with Gasteiger partial charge < -0.3 is 14.9 Å². The first kappa shape index (κ1) is 18.3. The number of hydrogen-bond donors (Lipinski definition) is 1. The fourth-order valence-electron chi connectivity index (χ4n) is 4.26. The van der Waals surface area contributed by atoms with Crippen molar-refractivity contribution in [2.75, 3.05) is 37.6 Å². The van der Waals surface area contributed by atoms with Crippen LogP contribution < -0.4 is 4.90 Å². The molecule has 2 saturated heterocycles. The standard InChI is InChI=1S/C21H24ClN3O2/c22-21(25-13-11-23(12-14-25)18-9-5-2-6-10-18)15-24(16-26)19(20(21)27)17-7-3-1-4-8-17/h1-10,16,19-20,27H,11-15H2. The summed E-state index contributed by atoms with van der Waals surface area (Å²) >= 11 is 6.97. The highest BCUT2D eigenvalue weighted by molar-refractivity contribution is 6.24. The van der Waals surface area contributed by atoms with Crippen LogP contribution in [0, 0.1) is 0 Å². The van der Waals surface area contributed by atoms with Crippen molar-refractivity contribution in [2.45, 2.75) is 17.1 Å². The number of para-hydroxylation sites is 1. The average Bonchev–Trinajstić information content (AvgIpc) is 3.01. The SMILES string of the molecule is O=CN1CC(Cl)(N2CCN(c3ccccc3)CC2)C(O)C1c1ccccc1. The number of halogens is 1. The maximum Gasteiger partial charge on any atom is 0.210 e. The molecule has 27 heavy (non-hydrogen) atoms. The molecule has 2 aromatic rings. The van der Waals surface area contributed by atoms with Gasteiger partial charge in [-0.25, -0.2) is 0 Å². The monoisotopic (exact) mass is 385 g/mol. The Labute approximate surface area is 164 Å². The number of piperazine rings is 1. The molecular weight excluding hydrogens is 362 g/mol. The molecule has 3 atom stereocenters. The molecule has 2 aromatic carbocycles. The highest BCUT2D eigenvalue weighted by Gasteiger charge is 2.55. The smallest absolute Gasteiger partial charge is 0.210 e. The summed E-state index contributed by atoms with van der Waals surface area (Å²) in [5.41, 5.74) is 2.10. The zero-order chi connectivity index (χ0) is 18.9. The third-order valence-electron chi connectivity index (χ3n) is 5.72. The van der Waals surface area contributed by atoms with E-state index in [0.717, 1.165) is 38.2 Å². The lowest BCUT2D eigenvalue weighted by Crippen LogP contribution is -2.59. The number of nitrogens with zero attached hydrogens (tertiary/aromatic N) is 3. The number of hydrogen-bond acceptors (Lipinski definition) is 4. The van der Waals surface area contributed by atoms with E-state index in [9.17, 15) is 9.90 Å². The Morgan fingerprint density at radius 3 is 2.15 bits per heavy atom. The Hall–Kier alpha value is -2.08. The molecule has 0 radical (unpaired) electrons. The summed E-state index contributed by atoms with van der Waals surface area (Å²) in [5.74, 6) is 0. The normalized spacial score (nSPS) is 29.1. The second-order valence-electron chi connectivity index (χ2n) is 7.21. The number of carbonyl (C=O) groups excluding carboxylic acids is 1. The van der Waals surface area contributed by atoms with Gasteiger partial charge >= 0.3 is 0 Å². The first-order valence-corrected chi connectivity index (χ1v) is 9.69. The zero-order valence-electron chi connectivity index (χ0n) is 15.1. The van der Waals surface area contributed by atoms with Crippen LogP contribution in [0.4, 0.5) is 5.69 Å². The molecule has 0 aromatic heterocycles. The Morgan fingerprint density at radius 2 is 1.56 bits per heavy atom. The average molecular weight is 386 g/mol. The molecule has 2 heterocycles. The van der Waals surface area contributed by atoms with Crippen molar-refractivity contribution in [1.29, 1.82) is 0 Å². The second-order valence-corrected chi connectivity index (χ2v) is 7.86. The number of amides is 1. The van der Waals surface area contributed by atoms with Gasteiger partial charge in [0, 0.05) is 31.9 Å². The summed E-state index contributed by atoms with van der Waals surface area (Å²) in [6, 6.07) is 19.5. The lowest BCUT2D eigenvalue weighted by atomic mass is 9.99. The number of aliphatic hydroxyl groups is 1. The van der Waals surface area contributed by atoms with Crippen LogP contribution in [-0.4, -0.2) is 65.1 Å². The largest absolute Gasteiger partial charge is 0.387 e. The molecule has 4 rings (SSSR count). The lowest BCUT2D eigenvalue weighted by molar-refractivity contribution is -0.119. The molecule has 2 aliphatic rings. The minimum atomic E-state index is -0.968. The number of carbonyl (C=O) groups is 1. The number of alkyl halides is 1. The van der Waals surface area contributed by atoms with E-state index in [1.165, 1.54) is 5.69 Å². The highest BCUT2D eigenvalue weighted by Crippen LogP contribution is 2.43. The van der Waals surface area contributed by atoms with Gasteiger partial charge in [-0.3, -0.25) is 9.69 Å². The first-order chi connectivity index (χ1) is 13.1. The van der Waals surface area contributed by atoms with Crippen molar-refractivity contribution in [3.05, 3.63) is 66.2 Å². The summed E-state index contributed by atoms with van der Waals surface area (Å²) in [6.07, 6.45) is -0.0550. The van der Waals surface area contributed by atoms with E-state index in [4.69, 9.17) is 11.6 Å². The van der Waals surface area contributed by atoms with Crippen molar-refractivity contribution in [2.24, 2.45) is 0 Å². The van der Waals surface area contributed by atoms with Gasteiger partial charge in [0.2, 0.25) is 6.41 Å². The Balaban J connectivity index is 1.51. The van der Waals surface area contributed by atoms with Crippen LogP contribution in [0.2, 0.25) is 0 Å². The fraction of sp³-hybridized carbons (Fsp3) is 0.381. The van der Waals surface area contributed by atoms with E-state index in [-0.39, 0.29) is 0 Å². The maximum atomic E-state index is 11.7. The van der Waals surface area contributed by atoms with Crippen molar-refractivity contribution in [1.82, 2.24) is 9.80 Å². The first-order valence-electron chi connectivity index (χ1n) is 9.31. The van der Waals surface area contributed by atoms with Gasteiger partial charge in [0.15, 0.2) is 0 Å². The molecule has 6 heteroatoms. The molecule has 3 unspecified atom stereocenters. The minimum Gasteiger partial charge on any atom is -0.387 e. The van der Waals surface area contributed by atoms with Gasteiger partial charge in [-0.05, 0) is 17.7 Å². The molecule has 0 spiro atoms. The van der Waals surface area contributed by atoms with E-state index >= 15 is 0 Å². The van der Waals surface area contributed by atoms with Gasteiger partial charge in [-0.1, -0.05) is 60.1 Å². The molecule has 2 fully saturated rings. The van der Waals surface area contributed by atoms with E-state index in [1.54, 1.807) is 4.90 Å². The quantitative estimate of drug-likeness (QED) is 0.498. The molecule has 2 aliphatic heterocycles. The van der Waals surface area contributed by atoms with Crippen LogP contribution in [0.5, 0.6) is 0 Å². The summed E-state index contributed by atoms with van der Waals surface area (Å²) in [6.45, 7) is 3.46. The van der Waals surface area contributed by atoms with E-state index in [1.807, 2.05) is 48.5 Å². The van der Waals surface area contributed by atoms with Crippen molar-refractivity contribution < 1.29 is 9.90 Å². The van der Waals surface area contributed by atoms with Crippen molar-refractivity contribution in [3.63, 3.8) is 0 Å². The van der Waals surface area contributed by atoms with Crippen LogP contribution in [0.15, 0.2) is 60.7 Å². The molecule has 0 saturated carbocycles. The van der Waals surface area contributed by atoms with Crippen LogP contribution in [-0.2, 0) is 4.79 Å². The van der Waals surface area contributed by atoms with Crippen LogP contribution >= 0.6 is 11.6 Å². The van der Waals surface area contributed by atoms with Crippen molar-refractivity contribution in [3.8, 4) is 0 Å². The number of rotatable bonds is 4. The van der Waals surface area contributed by atoms with E-state index < -0.39 is 17.1 Å². The lowest BCUT2D eigenvalue weighted by Gasteiger charge is -2.44. The van der Waals surface area contributed by atoms with Gasteiger partial charge in [-0.15, -0.1) is 0 Å². The molecule has 142 valence electrons. The maximum absolute atomic E-state index is 11.7. The molecule has 1 N–H and O–H groups in total. The second kappa shape index (κ2) is 7.50. The van der Waals surface area contributed by atoms with Gasteiger partial charge in [0.05, 0.1) is 12.6 Å². The van der Waals surface area contributed by atoms with Crippen LogP contribution in [0.25, 0.3) is 0 Å². The summed E-state index contributed by atoms with van der Waals surface area (Å²) in [5, 5.41) is 11.1. The topological polar surface area (TPSA) is 47.0 Å². The zero-order valence-corrected chi connectivity index (χ0v) is 15.9. The number of aliphatic hydroxyl groups excluding tert-OH is 1. The van der Waals surface area contributed by atoms with E-state index in [0.29, 0.717) is 6.54 Å². The third kappa shape index (κ3) is 3.31. The van der Waals surface area contributed by atoms with E-state index in [2.05, 4.69) is 21.9 Å². The Kier molecular flexibility index (Phi) is 5.08. The molecular formula is C21H24ClN3O2. The third-order valence-corrected chi connectivity index (χ3v) is 6.30. The van der Waals surface area contributed by atoms with Gasteiger partial charge in [0.25, 0.3) is 0 Å². The Bertz CT molecular complexity index is 768. The summed E-state index contributed by atoms with van der Waals surface area (Å²) < 4.78 is 0. The predicted octanol–water partition coefficient (Wildman–Crippen LogP) is 2.32. The minimum absolute atomic E-state index is 0.310. The van der Waals surface area contributed by atoms with Crippen molar-refractivity contribution >= 4 is 23.7 Å². The highest BCUT2D eigenvalue weighted by atomic mass is 35.5. The molecule has 0 aliphatic carbocycles. The van der Waals surface area contributed by atoms with Gasteiger partial charge in [-0.2, -0.15) is 0 Å². The summed E-state index contributed by atoms with van der Waals surface area (Å²) in [7, 11) is 0. The molecule has 0 bridgehead atoms. The number of benzene rings is 2. The predicted molar refractivity (Wildman–Crippen MR) is 107 cm³/mol. The number of likely N-dealkylation sites (tertiary alicyclic amines) is 1. The van der Waals surface area contributed by atoms with Crippen LogP contribution in [0.3, 0.4) is 0 Å². The summed E-state index contributed by atoms with van der Waals surface area (Å²) in [4.78, 5) is 16.8. The fourth-order valence-corrected chi connectivity index (χ4v) is 4.69. The van der Waals surface area contributed by atoms with Crippen LogP contribution in [0.1, 0.15) is 11.6 Å². The Morgan fingerprint density at radius 1 is 0.963 bits per heavy atom. The molecule has 5 nitrogen and oxygen atoms in total. The van der Waals surface area contributed by atoms with Gasteiger partial charge in [0.1, 0.15) is 11.1 Å². The molecule has 1 amide bonds.